The molecule has 2 aromatic rings. The Morgan fingerprint density at radius 2 is 1.90 bits per heavy atom. The van der Waals surface area contributed by atoms with Crippen molar-refractivity contribution in [1.82, 2.24) is 9.88 Å². The predicted octanol–water partition coefficient (Wildman–Crippen LogP) is 2.75. The molecule has 0 N–H and O–H groups in total. The third kappa shape index (κ3) is 3.39. The number of aryl methyl sites for hydroxylation is 1. The van der Waals surface area contributed by atoms with E-state index in [-0.39, 0.29) is 0 Å². The van der Waals surface area contributed by atoms with Crippen LogP contribution >= 0.6 is 0 Å². The van der Waals surface area contributed by atoms with Gasteiger partial charge in [-0.1, -0.05) is 0 Å². The molecule has 1 aromatic carbocycles. The molecular formula is C16H22N2O2. The van der Waals surface area contributed by atoms with Crippen molar-refractivity contribution in [3.8, 4) is 11.6 Å². The Balaban J connectivity index is 2.29. The maximum Gasteiger partial charge on any atom is 0.216 e. The first kappa shape index (κ1) is 14.6. The second kappa shape index (κ2) is 6.57. The van der Waals surface area contributed by atoms with Gasteiger partial charge in [0.15, 0.2) is 0 Å². The maximum atomic E-state index is 5.42. The summed E-state index contributed by atoms with van der Waals surface area (Å²) in [4.78, 5) is 6.77. The number of aromatic nitrogens is 1. The SMILES string of the molecule is COc1ccc2cc(CCCN(C)C)c(OC)nc2c1. The molecule has 0 radical (unpaired) electrons. The lowest BCUT2D eigenvalue weighted by molar-refractivity contribution is 0.383. The third-order valence-electron chi connectivity index (χ3n) is 3.31. The highest BCUT2D eigenvalue weighted by atomic mass is 16.5. The Morgan fingerprint density at radius 3 is 2.55 bits per heavy atom. The van der Waals surface area contributed by atoms with E-state index in [1.54, 1.807) is 14.2 Å². The van der Waals surface area contributed by atoms with E-state index in [1.165, 1.54) is 0 Å². The summed E-state index contributed by atoms with van der Waals surface area (Å²) in [5, 5.41) is 1.12. The molecule has 0 bridgehead atoms. The molecule has 0 fully saturated rings. The number of pyridine rings is 1. The summed E-state index contributed by atoms with van der Waals surface area (Å²) in [6, 6.07) is 8.09. The molecule has 1 heterocycles. The summed E-state index contributed by atoms with van der Waals surface area (Å²) in [5.41, 5.74) is 2.06. The molecule has 1 aromatic heterocycles. The molecule has 4 nitrogen and oxygen atoms in total. The molecule has 4 heteroatoms. The highest BCUT2D eigenvalue weighted by Gasteiger charge is 2.08. The van der Waals surface area contributed by atoms with Crippen molar-refractivity contribution in [2.45, 2.75) is 12.8 Å². The van der Waals surface area contributed by atoms with Gasteiger partial charge in [0.05, 0.1) is 19.7 Å². The first-order valence-corrected chi connectivity index (χ1v) is 6.80. The fraction of sp³-hybridized carbons (Fsp3) is 0.438. The van der Waals surface area contributed by atoms with Crippen LogP contribution in [0.25, 0.3) is 10.9 Å². The van der Waals surface area contributed by atoms with Gasteiger partial charge in [0.25, 0.3) is 0 Å². The van der Waals surface area contributed by atoms with Gasteiger partial charge in [-0.2, -0.15) is 0 Å². The second-order valence-corrected chi connectivity index (χ2v) is 5.12. The van der Waals surface area contributed by atoms with Gasteiger partial charge in [-0.05, 0) is 51.7 Å². The molecule has 0 aliphatic carbocycles. The van der Waals surface area contributed by atoms with E-state index in [4.69, 9.17) is 9.47 Å². The second-order valence-electron chi connectivity index (χ2n) is 5.12. The standard InChI is InChI=1S/C16H22N2O2/c1-18(2)9-5-6-13-10-12-7-8-14(19-3)11-15(12)17-16(13)20-4/h7-8,10-11H,5-6,9H2,1-4H3. The van der Waals surface area contributed by atoms with Crippen LogP contribution in [0.4, 0.5) is 0 Å². The molecule has 0 saturated heterocycles. The van der Waals surface area contributed by atoms with Gasteiger partial charge in [-0.25, -0.2) is 4.98 Å². The van der Waals surface area contributed by atoms with E-state index in [0.717, 1.165) is 41.6 Å². The quantitative estimate of drug-likeness (QED) is 0.811. The summed E-state index contributed by atoms with van der Waals surface area (Å²) >= 11 is 0. The first-order chi connectivity index (χ1) is 9.63. The van der Waals surface area contributed by atoms with E-state index < -0.39 is 0 Å². The van der Waals surface area contributed by atoms with Gasteiger partial charge >= 0.3 is 0 Å². The van der Waals surface area contributed by atoms with Crippen LogP contribution in [0.5, 0.6) is 11.6 Å². The maximum absolute atomic E-state index is 5.42. The van der Waals surface area contributed by atoms with E-state index in [9.17, 15) is 0 Å². The summed E-state index contributed by atoms with van der Waals surface area (Å²) in [5.74, 6) is 1.52. The average molecular weight is 274 g/mol. The Hall–Kier alpha value is -1.81. The van der Waals surface area contributed by atoms with Crippen LogP contribution < -0.4 is 9.47 Å². The van der Waals surface area contributed by atoms with Crippen molar-refractivity contribution in [3.63, 3.8) is 0 Å². The number of rotatable bonds is 6. The van der Waals surface area contributed by atoms with E-state index in [2.05, 4.69) is 30.0 Å². The van der Waals surface area contributed by atoms with Crippen molar-refractivity contribution in [3.05, 3.63) is 29.8 Å². The highest BCUT2D eigenvalue weighted by Crippen LogP contribution is 2.26. The zero-order chi connectivity index (χ0) is 14.5. The lowest BCUT2D eigenvalue weighted by Gasteiger charge is -2.12. The number of benzene rings is 1. The fourth-order valence-corrected chi connectivity index (χ4v) is 2.24. The molecule has 2 rings (SSSR count). The van der Waals surface area contributed by atoms with Gasteiger partial charge in [0.1, 0.15) is 5.75 Å². The minimum absolute atomic E-state index is 0.713. The van der Waals surface area contributed by atoms with Gasteiger partial charge in [-0.15, -0.1) is 0 Å². The third-order valence-corrected chi connectivity index (χ3v) is 3.31. The lowest BCUT2D eigenvalue weighted by atomic mass is 10.1. The van der Waals surface area contributed by atoms with Crippen LogP contribution in [-0.2, 0) is 6.42 Å². The van der Waals surface area contributed by atoms with Crippen molar-refractivity contribution >= 4 is 10.9 Å². The van der Waals surface area contributed by atoms with Gasteiger partial charge in [0, 0.05) is 17.0 Å². The molecule has 0 saturated carbocycles. The largest absolute Gasteiger partial charge is 0.497 e. The number of methoxy groups -OCH3 is 2. The molecule has 0 aliphatic heterocycles. The molecule has 0 aliphatic rings. The Bertz CT molecular complexity index is 582. The molecule has 0 amide bonds. The fourth-order valence-electron chi connectivity index (χ4n) is 2.24. The Morgan fingerprint density at radius 1 is 1.10 bits per heavy atom. The van der Waals surface area contributed by atoms with Crippen LogP contribution in [0.3, 0.4) is 0 Å². The molecule has 20 heavy (non-hydrogen) atoms. The zero-order valence-electron chi connectivity index (χ0n) is 12.6. The van der Waals surface area contributed by atoms with Crippen LogP contribution in [0.15, 0.2) is 24.3 Å². The van der Waals surface area contributed by atoms with Crippen LogP contribution in [-0.4, -0.2) is 44.7 Å². The monoisotopic (exact) mass is 274 g/mol. The Labute approximate surface area is 120 Å². The number of fused-ring (bicyclic) bond motifs is 1. The van der Waals surface area contributed by atoms with Crippen LogP contribution in [0.2, 0.25) is 0 Å². The van der Waals surface area contributed by atoms with Crippen molar-refractivity contribution in [1.29, 1.82) is 0 Å². The zero-order valence-corrected chi connectivity index (χ0v) is 12.6. The van der Waals surface area contributed by atoms with Crippen molar-refractivity contribution in [2.24, 2.45) is 0 Å². The Kier molecular flexibility index (Phi) is 4.79. The first-order valence-electron chi connectivity index (χ1n) is 6.80. The van der Waals surface area contributed by atoms with Gasteiger partial charge in [-0.3, -0.25) is 0 Å². The van der Waals surface area contributed by atoms with Crippen LogP contribution in [0.1, 0.15) is 12.0 Å². The number of ether oxygens (including phenoxy) is 2. The van der Waals surface area contributed by atoms with Gasteiger partial charge in [0.2, 0.25) is 5.88 Å². The van der Waals surface area contributed by atoms with Gasteiger partial charge < -0.3 is 14.4 Å². The lowest BCUT2D eigenvalue weighted by Crippen LogP contribution is -2.13. The topological polar surface area (TPSA) is 34.6 Å². The number of hydrogen-bond acceptors (Lipinski definition) is 4. The van der Waals surface area contributed by atoms with E-state index in [0.29, 0.717) is 5.88 Å². The number of hydrogen-bond donors (Lipinski definition) is 0. The molecule has 108 valence electrons. The van der Waals surface area contributed by atoms with E-state index in [1.807, 2.05) is 18.2 Å². The average Bonchev–Trinajstić information content (AvgIpc) is 2.45. The minimum Gasteiger partial charge on any atom is -0.497 e. The molecular weight excluding hydrogens is 252 g/mol. The normalized spacial score (nSPS) is 11.1. The summed E-state index contributed by atoms with van der Waals surface area (Å²) in [6.45, 7) is 1.06. The summed E-state index contributed by atoms with van der Waals surface area (Å²) in [7, 11) is 7.50. The summed E-state index contributed by atoms with van der Waals surface area (Å²) in [6.07, 6.45) is 2.06. The molecule has 0 unspecified atom stereocenters. The highest BCUT2D eigenvalue weighted by molar-refractivity contribution is 5.81. The van der Waals surface area contributed by atoms with Crippen LogP contribution in [0, 0.1) is 0 Å². The minimum atomic E-state index is 0.713. The molecule has 0 atom stereocenters. The summed E-state index contributed by atoms with van der Waals surface area (Å²) < 4.78 is 10.6. The number of nitrogens with zero attached hydrogens (tertiary/aromatic N) is 2. The van der Waals surface area contributed by atoms with Crippen molar-refractivity contribution < 1.29 is 9.47 Å². The smallest absolute Gasteiger partial charge is 0.216 e. The molecule has 0 spiro atoms. The predicted molar refractivity (Wildman–Crippen MR) is 81.7 cm³/mol. The van der Waals surface area contributed by atoms with Crippen molar-refractivity contribution in [2.75, 3.05) is 34.9 Å². The van der Waals surface area contributed by atoms with E-state index >= 15 is 0 Å².